The third kappa shape index (κ3) is 9.71. The minimum Gasteiger partial charge on any atom is -0.305 e. The van der Waals surface area contributed by atoms with Crippen LogP contribution in [-0.4, -0.2) is 102 Å². The molecular weight excluding hydrogens is 571 g/mol. The van der Waals surface area contributed by atoms with Crippen molar-refractivity contribution in [3.63, 3.8) is 0 Å². The molecule has 11 heteroatoms. The number of nitrogens with one attached hydrogen (secondary N) is 2. The van der Waals surface area contributed by atoms with Crippen molar-refractivity contribution >= 4 is 20.2 Å². The van der Waals surface area contributed by atoms with Gasteiger partial charge in [-0.2, -0.15) is 12.7 Å². The van der Waals surface area contributed by atoms with Crippen LogP contribution in [-0.2, 0) is 20.2 Å². The van der Waals surface area contributed by atoms with E-state index < -0.39 is 20.2 Å². The highest BCUT2D eigenvalue weighted by molar-refractivity contribution is 7.90. The van der Waals surface area contributed by atoms with Crippen molar-refractivity contribution in [1.82, 2.24) is 23.5 Å². The number of piperidine rings is 1. The number of benzene rings is 1. The molecule has 9 nitrogen and oxygen atoms in total. The van der Waals surface area contributed by atoms with Crippen molar-refractivity contribution in [3.05, 3.63) is 35.9 Å². The van der Waals surface area contributed by atoms with Crippen molar-refractivity contribution < 1.29 is 16.8 Å². The van der Waals surface area contributed by atoms with Gasteiger partial charge in [-0.3, -0.25) is 0 Å². The Labute approximate surface area is 256 Å². The number of rotatable bonds is 16. The zero-order valence-electron chi connectivity index (χ0n) is 26.1. The van der Waals surface area contributed by atoms with E-state index in [4.69, 9.17) is 0 Å². The fourth-order valence-electron chi connectivity index (χ4n) is 6.99. The Balaban J connectivity index is 1.22. The van der Waals surface area contributed by atoms with E-state index in [1.165, 1.54) is 37.7 Å². The molecule has 2 aliphatic carbocycles. The molecule has 0 radical (unpaired) electrons. The predicted octanol–water partition coefficient (Wildman–Crippen LogP) is 3.76. The fourth-order valence-corrected chi connectivity index (χ4v) is 10.4. The number of nitrogens with zero attached hydrogens (tertiary/aromatic N) is 3. The SMILES string of the molecule is CC(CCN(CCCNS(=O)(=O)N1CCC(c2ccccc2)CC1)CC1CCCCC1)NS(=O)(=O)[C@@H]1CCC1N(C)C. The summed E-state index contributed by atoms with van der Waals surface area (Å²) in [7, 11) is -2.94. The minimum absolute atomic E-state index is 0.0940. The average Bonchev–Trinajstić information content (AvgIpc) is 2.93. The molecule has 1 aliphatic heterocycles. The quantitative estimate of drug-likeness (QED) is 0.271. The molecule has 0 aromatic heterocycles. The highest BCUT2D eigenvalue weighted by Crippen LogP contribution is 2.31. The Morgan fingerprint density at radius 3 is 2.21 bits per heavy atom. The molecule has 3 fully saturated rings. The third-order valence-corrected chi connectivity index (χ3v) is 13.4. The number of hydrogen-bond donors (Lipinski definition) is 2. The van der Waals surface area contributed by atoms with E-state index in [9.17, 15) is 16.8 Å². The van der Waals surface area contributed by atoms with Gasteiger partial charge < -0.3 is 9.80 Å². The average molecular weight is 626 g/mol. The second kappa shape index (κ2) is 15.8. The van der Waals surface area contributed by atoms with Crippen molar-refractivity contribution in [3.8, 4) is 0 Å². The van der Waals surface area contributed by atoms with Gasteiger partial charge in [-0.05, 0) is 103 Å². The summed E-state index contributed by atoms with van der Waals surface area (Å²) in [6, 6.07) is 10.3. The molecule has 1 heterocycles. The standard InChI is InChI=1S/C31H55N5O4S2/c1-26(33-41(37,38)31-16-15-30(31)34(2)3)17-22-35(25-27-11-6-4-7-12-27)21-10-20-32-42(39,40)36-23-18-29(19-24-36)28-13-8-5-9-14-28/h5,8-9,13-14,26-27,29-33H,4,6-7,10-12,15-25H2,1-3H3/t26?,30?,31-/m1/s1. The lowest BCUT2D eigenvalue weighted by Gasteiger charge is -2.40. The molecule has 4 rings (SSSR count). The molecule has 1 aromatic rings. The molecule has 42 heavy (non-hydrogen) atoms. The highest BCUT2D eigenvalue weighted by atomic mass is 32.2. The lowest BCUT2D eigenvalue weighted by molar-refractivity contribution is 0.190. The summed E-state index contributed by atoms with van der Waals surface area (Å²) < 4.78 is 59.5. The van der Waals surface area contributed by atoms with Gasteiger partial charge in [0.05, 0.1) is 5.25 Å². The van der Waals surface area contributed by atoms with Gasteiger partial charge in [0, 0.05) is 38.3 Å². The molecule has 240 valence electrons. The Hall–Kier alpha value is -1.08. The van der Waals surface area contributed by atoms with E-state index in [0.717, 1.165) is 58.2 Å². The fraction of sp³-hybridized carbons (Fsp3) is 0.806. The molecule has 2 N–H and O–H groups in total. The Kier molecular flexibility index (Phi) is 12.7. The summed E-state index contributed by atoms with van der Waals surface area (Å²) in [6.45, 7) is 6.10. The van der Waals surface area contributed by atoms with E-state index in [2.05, 4.69) is 26.5 Å². The monoisotopic (exact) mass is 625 g/mol. The molecule has 3 aliphatic rings. The number of hydrogen-bond acceptors (Lipinski definition) is 6. The van der Waals surface area contributed by atoms with Crippen LogP contribution in [0.2, 0.25) is 0 Å². The van der Waals surface area contributed by atoms with Crippen molar-refractivity contribution in [1.29, 1.82) is 0 Å². The summed E-state index contributed by atoms with van der Waals surface area (Å²) in [6.07, 6.45) is 11.2. The highest BCUT2D eigenvalue weighted by Gasteiger charge is 2.42. The predicted molar refractivity (Wildman–Crippen MR) is 171 cm³/mol. The zero-order chi connectivity index (χ0) is 30.2. The molecule has 3 atom stereocenters. The van der Waals surface area contributed by atoms with Crippen molar-refractivity contribution in [2.45, 2.75) is 101 Å². The van der Waals surface area contributed by atoms with Gasteiger partial charge in [0.25, 0.3) is 10.2 Å². The normalized spacial score (nSPS) is 24.2. The Morgan fingerprint density at radius 1 is 0.905 bits per heavy atom. The molecule has 1 saturated heterocycles. The Bertz CT molecular complexity index is 1150. The first-order chi connectivity index (χ1) is 20.0. The van der Waals surface area contributed by atoms with E-state index >= 15 is 0 Å². The second-order valence-electron chi connectivity index (χ2n) is 13.1. The minimum atomic E-state index is -3.49. The van der Waals surface area contributed by atoms with Gasteiger partial charge in [-0.1, -0.05) is 49.6 Å². The maximum Gasteiger partial charge on any atom is 0.279 e. The van der Waals surface area contributed by atoms with Crippen molar-refractivity contribution in [2.75, 3.05) is 53.4 Å². The van der Waals surface area contributed by atoms with Crippen LogP contribution in [0.1, 0.15) is 89.0 Å². The second-order valence-corrected chi connectivity index (χ2v) is 16.8. The van der Waals surface area contributed by atoms with Crippen LogP contribution in [0.3, 0.4) is 0 Å². The van der Waals surface area contributed by atoms with Gasteiger partial charge in [0.15, 0.2) is 0 Å². The Morgan fingerprint density at radius 2 is 1.60 bits per heavy atom. The summed E-state index contributed by atoms with van der Waals surface area (Å²) in [4.78, 5) is 4.46. The smallest absolute Gasteiger partial charge is 0.279 e. The summed E-state index contributed by atoms with van der Waals surface area (Å²) >= 11 is 0. The third-order valence-electron chi connectivity index (χ3n) is 9.72. The van der Waals surface area contributed by atoms with E-state index in [1.807, 2.05) is 44.1 Å². The van der Waals surface area contributed by atoms with Crippen LogP contribution in [0, 0.1) is 5.92 Å². The van der Waals surface area contributed by atoms with Crippen LogP contribution in [0.25, 0.3) is 0 Å². The van der Waals surface area contributed by atoms with Crippen molar-refractivity contribution in [2.24, 2.45) is 5.92 Å². The van der Waals surface area contributed by atoms with Crippen LogP contribution >= 0.6 is 0 Å². The molecule has 0 amide bonds. The topological polar surface area (TPSA) is 102 Å². The van der Waals surface area contributed by atoms with Gasteiger partial charge in [-0.15, -0.1) is 0 Å². The van der Waals surface area contributed by atoms with Gasteiger partial charge in [0.1, 0.15) is 0 Å². The van der Waals surface area contributed by atoms with Crippen LogP contribution < -0.4 is 9.44 Å². The first-order valence-electron chi connectivity index (χ1n) is 16.2. The molecule has 2 saturated carbocycles. The molecule has 0 bridgehead atoms. The zero-order valence-corrected chi connectivity index (χ0v) is 27.7. The summed E-state index contributed by atoms with van der Waals surface area (Å²) in [5, 5.41) is -0.328. The summed E-state index contributed by atoms with van der Waals surface area (Å²) in [5.74, 6) is 1.09. The van der Waals surface area contributed by atoms with E-state index in [-0.39, 0.29) is 17.3 Å². The van der Waals surface area contributed by atoms with E-state index in [1.54, 1.807) is 4.31 Å². The maximum absolute atomic E-state index is 13.0. The number of sulfonamides is 1. The first kappa shape index (κ1) is 33.8. The summed E-state index contributed by atoms with van der Waals surface area (Å²) in [5.41, 5.74) is 1.29. The van der Waals surface area contributed by atoms with Crippen LogP contribution in [0.15, 0.2) is 30.3 Å². The molecular formula is C31H55N5O4S2. The molecule has 1 aromatic carbocycles. The lowest BCUT2D eigenvalue weighted by Crippen LogP contribution is -2.55. The van der Waals surface area contributed by atoms with Crippen LogP contribution in [0.5, 0.6) is 0 Å². The lowest BCUT2D eigenvalue weighted by atomic mass is 9.89. The van der Waals surface area contributed by atoms with Gasteiger partial charge in [-0.25, -0.2) is 17.9 Å². The van der Waals surface area contributed by atoms with Crippen LogP contribution in [0.4, 0.5) is 0 Å². The van der Waals surface area contributed by atoms with Gasteiger partial charge in [0.2, 0.25) is 10.0 Å². The van der Waals surface area contributed by atoms with E-state index in [0.29, 0.717) is 31.5 Å². The molecule has 0 spiro atoms. The largest absolute Gasteiger partial charge is 0.305 e. The van der Waals surface area contributed by atoms with Gasteiger partial charge >= 0.3 is 0 Å². The molecule has 2 unspecified atom stereocenters. The maximum atomic E-state index is 13.0. The first-order valence-corrected chi connectivity index (χ1v) is 19.2.